The van der Waals surface area contributed by atoms with Crippen molar-refractivity contribution < 1.29 is 10.2 Å². The zero-order valence-electron chi connectivity index (χ0n) is 9.82. The second-order valence-corrected chi connectivity index (χ2v) is 3.17. The van der Waals surface area contributed by atoms with Crippen molar-refractivity contribution in [3.63, 3.8) is 0 Å². The Balaban J connectivity index is 4.96. The van der Waals surface area contributed by atoms with E-state index in [9.17, 15) is 5.11 Å². The minimum absolute atomic E-state index is 0.0487. The molecule has 0 heterocycles. The fraction of sp³-hybridized carbons (Fsp3) is 0.583. The molecular formula is C12H21NO2. The number of aliphatic hydroxyl groups excluding tert-OH is 2. The van der Waals surface area contributed by atoms with Crippen molar-refractivity contribution >= 4 is 5.71 Å². The second kappa shape index (κ2) is 8.24. The van der Waals surface area contributed by atoms with Crippen molar-refractivity contribution in [2.24, 2.45) is 4.99 Å². The number of aliphatic hydroxyl groups is 2. The van der Waals surface area contributed by atoms with Gasteiger partial charge in [-0.15, -0.1) is 0 Å². The van der Waals surface area contributed by atoms with Crippen LogP contribution < -0.4 is 0 Å². The standard InChI is InChI=1S/C12H21NO2/c1-4-6-10(12(15)7-5-2)11(13-3)8-9-14/h6-7,14-15H,4-5,8-9H2,1-3H3/b10-6-,12-7+,13-11?. The molecule has 0 aromatic carbocycles. The molecule has 0 radical (unpaired) electrons. The van der Waals surface area contributed by atoms with E-state index in [0.717, 1.165) is 24.1 Å². The van der Waals surface area contributed by atoms with E-state index in [-0.39, 0.29) is 12.4 Å². The molecule has 0 aliphatic rings. The van der Waals surface area contributed by atoms with Crippen molar-refractivity contribution in [2.45, 2.75) is 33.1 Å². The zero-order valence-corrected chi connectivity index (χ0v) is 9.82. The first-order chi connectivity index (χ1) is 7.21. The van der Waals surface area contributed by atoms with Gasteiger partial charge in [-0.1, -0.05) is 19.9 Å². The van der Waals surface area contributed by atoms with E-state index in [1.807, 2.05) is 19.9 Å². The maximum Gasteiger partial charge on any atom is 0.120 e. The van der Waals surface area contributed by atoms with Gasteiger partial charge in [-0.3, -0.25) is 4.99 Å². The summed E-state index contributed by atoms with van der Waals surface area (Å²) >= 11 is 0. The van der Waals surface area contributed by atoms with Gasteiger partial charge in [-0.25, -0.2) is 0 Å². The molecule has 15 heavy (non-hydrogen) atoms. The molecule has 0 aromatic rings. The lowest BCUT2D eigenvalue weighted by atomic mass is 10.0. The Hall–Kier alpha value is -1.09. The van der Waals surface area contributed by atoms with Gasteiger partial charge in [0.1, 0.15) is 5.76 Å². The Morgan fingerprint density at radius 3 is 2.20 bits per heavy atom. The number of hydrogen-bond donors (Lipinski definition) is 2. The van der Waals surface area contributed by atoms with Crippen molar-refractivity contribution in [3.8, 4) is 0 Å². The topological polar surface area (TPSA) is 52.8 Å². The first-order valence-corrected chi connectivity index (χ1v) is 5.37. The van der Waals surface area contributed by atoms with Gasteiger partial charge in [-0.05, 0) is 18.9 Å². The van der Waals surface area contributed by atoms with Crippen LogP contribution in [-0.4, -0.2) is 29.6 Å². The summed E-state index contributed by atoms with van der Waals surface area (Å²) in [6.07, 6.45) is 5.78. The maximum atomic E-state index is 9.80. The molecule has 0 spiro atoms. The minimum atomic E-state index is 0.0487. The van der Waals surface area contributed by atoms with Crippen LogP contribution in [0.4, 0.5) is 0 Å². The molecule has 86 valence electrons. The lowest BCUT2D eigenvalue weighted by Crippen LogP contribution is -2.08. The molecule has 0 fully saturated rings. The number of allylic oxidation sites excluding steroid dienone is 3. The van der Waals surface area contributed by atoms with E-state index in [1.165, 1.54) is 0 Å². The minimum Gasteiger partial charge on any atom is -0.508 e. The van der Waals surface area contributed by atoms with E-state index in [0.29, 0.717) is 6.42 Å². The summed E-state index contributed by atoms with van der Waals surface area (Å²) in [6.45, 7) is 4.02. The SMILES string of the molecule is CC/C=C(C(CCO)=NC)\C(O)=C/CC. The zero-order chi connectivity index (χ0) is 11.7. The van der Waals surface area contributed by atoms with Gasteiger partial charge in [0.25, 0.3) is 0 Å². The first-order valence-electron chi connectivity index (χ1n) is 5.37. The summed E-state index contributed by atoms with van der Waals surface area (Å²) in [5, 5.41) is 18.7. The molecule has 0 unspecified atom stereocenters. The molecule has 0 saturated carbocycles. The quantitative estimate of drug-likeness (QED) is 0.403. The largest absolute Gasteiger partial charge is 0.508 e. The lowest BCUT2D eigenvalue weighted by molar-refractivity contribution is 0.307. The molecule has 0 amide bonds. The van der Waals surface area contributed by atoms with E-state index in [4.69, 9.17) is 5.11 Å². The number of hydrogen-bond acceptors (Lipinski definition) is 3. The Morgan fingerprint density at radius 2 is 1.80 bits per heavy atom. The van der Waals surface area contributed by atoms with Crippen LogP contribution >= 0.6 is 0 Å². The van der Waals surface area contributed by atoms with Crippen LogP contribution in [0.1, 0.15) is 33.1 Å². The van der Waals surface area contributed by atoms with Crippen LogP contribution in [0.15, 0.2) is 28.5 Å². The van der Waals surface area contributed by atoms with Crippen molar-refractivity contribution in [2.75, 3.05) is 13.7 Å². The third kappa shape index (κ3) is 4.79. The maximum absolute atomic E-state index is 9.80. The van der Waals surface area contributed by atoms with Gasteiger partial charge >= 0.3 is 0 Å². The molecule has 3 heteroatoms. The molecule has 0 aliphatic heterocycles. The molecule has 0 saturated heterocycles. The van der Waals surface area contributed by atoms with Gasteiger partial charge in [0.15, 0.2) is 0 Å². The molecule has 0 aliphatic carbocycles. The Bertz CT molecular complexity index is 265. The van der Waals surface area contributed by atoms with Crippen LogP contribution in [0.2, 0.25) is 0 Å². The van der Waals surface area contributed by atoms with Crippen molar-refractivity contribution in [1.29, 1.82) is 0 Å². The van der Waals surface area contributed by atoms with E-state index in [2.05, 4.69) is 4.99 Å². The summed E-state index contributed by atoms with van der Waals surface area (Å²) in [5.41, 5.74) is 1.50. The predicted molar refractivity (Wildman–Crippen MR) is 64.4 cm³/mol. The lowest BCUT2D eigenvalue weighted by Gasteiger charge is -2.09. The van der Waals surface area contributed by atoms with Crippen molar-refractivity contribution in [1.82, 2.24) is 0 Å². The van der Waals surface area contributed by atoms with E-state index < -0.39 is 0 Å². The van der Waals surface area contributed by atoms with Crippen molar-refractivity contribution in [3.05, 3.63) is 23.5 Å². The molecule has 0 aromatic heterocycles. The highest BCUT2D eigenvalue weighted by Gasteiger charge is 2.09. The Morgan fingerprint density at radius 1 is 1.20 bits per heavy atom. The molecule has 0 atom stereocenters. The molecule has 3 nitrogen and oxygen atoms in total. The highest BCUT2D eigenvalue weighted by Crippen LogP contribution is 2.13. The van der Waals surface area contributed by atoms with Crippen LogP contribution in [0.5, 0.6) is 0 Å². The molecule has 0 rings (SSSR count). The number of aliphatic imine (C=N–C) groups is 1. The summed E-state index contributed by atoms with van der Waals surface area (Å²) in [7, 11) is 1.67. The van der Waals surface area contributed by atoms with Gasteiger partial charge in [-0.2, -0.15) is 0 Å². The summed E-state index contributed by atoms with van der Waals surface area (Å²) in [6, 6.07) is 0. The third-order valence-corrected chi connectivity index (χ3v) is 2.01. The first kappa shape index (κ1) is 13.9. The Kier molecular flexibility index (Phi) is 7.64. The number of rotatable bonds is 6. The highest BCUT2D eigenvalue weighted by molar-refractivity contribution is 6.03. The van der Waals surface area contributed by atoms with Gasteiger partial charge in [0.2, 0.25) is 0 Å². The number of nitrogens with zero attached hydrogens (tertiary/aromatic N) is 1. The van der Waals surface area contributed by atoms with E-state index >= 15 is 0 Å². The van der Waals surface area contributed by atoms with Crippen LogP contribution in [-0.2, 0) is 0 Å². The molecule has 0 bridgehead atoms. The molecular weight excluding hydrogens is 190 g/mol. The van der Waals surface area contributed by atoms with E-state index in [1.54, 1.807) is 13.1 Å². The summed E-state index contributed by atoms with van der Waals surface area (Å²) in [5.74, 6) is 0.258. The highest BCUT2D eigenvalue weighted by atomic mass is 16.3. The summed E-state index contributed by atoms with van der Waals surface area (Å²) in [4.78, 5) is 4.09. The normalized spacial score (nSPS) is 14.5. The Labute approximate surface area is 91.9 Å². The predicted octanol–water partition coefficient (Wildman–Crippen LogP) is 2.63. The van der Waals surface area contributed by atoms with Crippen LogP contribution in [0, 0.1) is 0 Å². The molecule has 2 N–H and O–H groups in total. The third-order valence-electron chi connectivity index (χ3n) is 2.01. The average Bonchev–Trinajstić information content (AvgIpc) is 2.23. The second-order valence-electron chi connectivity index (χ2n) is 3.17. The van der Waals surface area contributed by atoms with Gasteiger partial charge in [0.05, 0.1) is 0 Å². The van der Waals surface area contributed by atoms with Gasteiger partial charge < -0.3 is 10.2 Å². The van der Waals surface area contributed by atoms with Crippen LogP contribution in [0.3, 0.4) is 0 Å². The van der Waals surface area contributed by atoms with Gasteiger partial charge in [0, 0.05) is 31.4 Å². The smallest absolute Gasteiger partial charge is 0.120 e. The fourth-order valence-corrected chi connectivity index (χ4v) is 1.35. The van der Waals surface area contributed by atoms with Crippen LogP contribution in [0.25, 0.3) is 0 Å². The monoisotopic (exact) mass is 211 g/mol. The average molecular weight is 211 g/mol. The summed E-state index contributed by atoms with van der Waals surface area (Å²) < 4.78 is 0. The fourth-order valence-electron chi connectivity index (χ4n) is 1.35.